The maximum Gasteiger partial charge on any atom is 0.161 e. The average molecular weight is 285 g/mol. The van der Waals surface area contributed by atoms with Crippen molar-refractivity contribution >= 4 is 16.7 Å². The normalized spacial score (nSPS) is 11.0. The van der Waals surface area contributed by atoms with Gasteiger partial charge in [0.2, 0.25) is 0 Å². The molecule has 2 nitrogen and oxygen atoms in total. The minimum absolute atomic E-state index is 0.108. The fourth-order valence-electron chi connectivity index (χ4n) is 2.47. The summed E-state index contributed by atoms with van der Waals surface area (Å²) >= 11 is 0. The summed E-state index contributed by atoms with van der Waals surface area (Å²) in [5.74, 6) is -0.768. The predicted molar refractivity (Wildman–Crippen MR) is 77.4 cm³/mol. The highest BCUT2D eigenvalue weighted by Crippen LogP contribution is 2.24. The summed E-state index contributed by atoms with van der Waals surface area (Å²) in [6, 6.07) is 10.6. The Morgan fingerprint density at radius 2 is 1.71 bits per heavy atom. The van der Waals surface area contributed by atoms with Crippen LogP contribution in [0.5, 0.6) is 0 Å². The number of hydrogen-bond acceptors (Lipinski definition) is 1. The maximum absolute atomic E-state index is 13.4. The standard InChI is InChI=1S/C17H13F2NO/c1-11(21)16-10-20(9-12-2-4-13(18)5-3-12)17-7-6-14(19)8-15(16)17/h2-8,10H,9H2,1H3. The Morgan fingerprint density at radius 3 is 2.38 bits per heavy atom. The lowest BCUT2D eigenvalue weighted by Gasteiger charge is -2.05. The second-order valence-corrected chi connectivity index (χ2v) is 5.01. The van der Waals surface area contributed by atoms with E-state index < -0.39 is 0 Å². The molecule has 21 heavy (non-hydrogen) atoms. The monoisotopic (exact) mass is 285 g/mol. The molecule has 3 rings (SSSR count). The molecule has 0 unspecified atom stereocenters. The number of fused-ring (bicyclic) bond motifs is 1. The lowest BCUT2D eigenvalue weighted by Crippen LogP contribution is -1.98. The van der Waals surface area contributed by atoms with E-state index in [9.17, 15) is 13.6 Å². The van der Waals surface area contributed by atoms with Gasteiger partial charge in [0.1, 0.15) is 11.6 Å². The molecule has 0 radical (unpaired) electrons. The van der Waals surface area contributed by atoms with Crippen LogP contribution in [-0.2, 0) is 6.54 Å². The average Bonchev–Trinajstić information content (AvgIpc) is 2.79. The van der Waals surface area contributed by atoms with Crippen molar-refractivity contribution in [3.63, 3.8) is 0 Å². The van der Waals surface area contributed by atoms with Gasteiger partial charge < -0.3 is 4.57 Å². The minimum Gasteiger partial charge on any atom is -0.342 e. The SMILES string of the molecule is CC(=O)c1cn(Cc2ccc(F)cc2)c2ccc(F)cc12. The fourth-order valence-corrected chi connectivity index (χ4v) is 2.47. The van der Waals surface area contributed by atoms with Crippen molar-refractivity contribution in [3.8, 4) is 0 Å². The molecular weight excluding hydrogens is 272 g/mol. The van der Waals surface area contributed by atoms with E-state index in [1.165, 1.54) is 31.2 Å². The second-order valence-electron chi connectivity index (χ2n) is 5.01. The van der Waals surface area contributed by atoms with E-state index in [2.05, 4.69) is 0 Å². The molecule has 0 N–H and O–H groups in total. The molecule has 0 aliphatic rings. The third-order valence-electron chi connectivity index (χ3n) is 3.49. The Hall–Kier alpha value is -2.49. The number of halogens is 2. The van der Waals surface area contributed by atoms with Gasteiger partial charge in [-0.3, -0.25) is 4.79 Å². The smallest absolute Gasteiger partial charge is 0.161 e. The quantitative estimate of drug-likeness (QED) is 0.662. The van der Waals surface area contributed by atoms with Crippen molar-refractivity contribution in [1.29, 1.82) is 0 Å². The summed E-state index contributed by atoms with van der Waals surface area (Å²) in [6.07, 6.45) is 1.72. The zero-order valence-electron chi connectivity index (χ0n) is 11.4. The lowest BCUT2D eigenvalue weighted by molar-refractivity contribution is 0.101. The molecule has 0 saturated heterocycles. The number of carbonyl (C=O) groups excluding carboxylic acids is 1. The van der Waals surface area contributed by atoms with Crippen LogP contribution in [0, 0.1) is 11.6 Å². The molecule has 106 valence electrons. The molecule has 0 atom stereocenters. The molecule has 1 heterocycles. The second kappa shape index (κ2) is 5.13. The van der Waals surface area contributed by atoms with Crippen LogP contribution in [0.3, 0.4) is 0 Å². The number of benzene rings is 2. The minimum atomic E-state index is -0.371. The molecule has 0 bridgehead atoms. The van der Waals surface area contributed by atoms with Gasteiger partial charge in [-0.2, -0.15) is 0 Å². The number of aromatic nitrogens is 1. The molecule has 0 aliphatic carbocycles. The van der Waals surface area contributed by atoms with Gasteiger partial charge in [-0.25, -0.2) is 8.78 Å². The number of ketones is 1. The number of Topliss-reactive ketones (excluding diaryl/α,β-unsaturated/α-hetero) is 1. The van der Waals surface area contributed by atoms with Crippen LogP contribution in [0.25, 0.3) is 10.9 Å². The van der Waals surface area contributed by atoms with E-state index in [1.807, 2.05) is 4.57 Å². The first-order valence-corrected chi connectivity index (χ1v) is 6.58. The van der Waals surface area contributed by atoms with E-state index in [4.69, 9.17) is 0 Å². The third kappa shape index (κ3) is 2.57. The molecule has 2 aromatic carbocycles. The zero-order chi connectivity index (χ0) is 15.0. The molecule has 3 aromatic rings. The van der Waals surface area contributed by atoms with E-state index in [-0.39, 0.29) is 17.4 Å². The number of hydrogen-bond donors (Lipinski definition) is 0. The Balaban J connectivity index is 2.10. The highest BCUT2D eigenvalue weighted by molar-refractivity contribution is 6.07. The van der Waals surface area contributed by atoms with E-state index >= 15 is 0 Å². The molecule has 0 spiro atoms. The van der Waals surface area contributed by atoms with Crippen molar-refractivity contribution in [3.05, 3.63) is 71.4 Å². The summed E-state index contributed by atoms with van der Waals surface area (Å²) in [5.41, 5.74) is 2.19. The molecular formula is C17H13F2NO. The van der Waals surface area contributed by atoms with Gasteiger partial charge >= 0.3 is 0 Å². The number of carbonyl (C=O) groups is 1. The van der Waals surface area contributed by atoms with Crippen LogP contribution in [0.15, 0.2) is 48.7 Å². The Morgan fingerprint density at radius 1 is 1.05 bits per heavy atom. The fraction of sp³-hybridized carbons (Fsp3) is 0.118. The van der Waals surface area contributed by atoms with Crippen molar-refractivity contribution in [2.75, 3.05) is 0 Å². The van der Waals surface area contributed by atoms with Gasteiger partial charge in [0.15, 0.2) is 5.78 Å². The Labute approximate surface area is 120 Å². The Bertz CT molecular complexity index is 819. The molecule has 0 aliphatic heterocycles. The van der Waals surface area contributed by atoms with Crippen molar-refractivity contribution in [2.24, 2.45) is 0 Å². The van der Waals surface area contributed by atoms with E-state index in [1.54, 1.807) is 24.4 Å². The van der Waals surface area contributed by atoms with E-state index in [0.717, 1.165) is 11.1 Å². The van der Waals surface area contributed by atoms with Gasteiger partial charge in [-0.15, -0.1) is 0 Å². The maximum atomic E-state index is 13.4. The van der Waals surface area contributed by atoms with E-state index in [0.29, 0.717) is 17.5 Å². The predicted octanol–water partition coefficient (Wildman–Crippen LogP) is 4.17. The number of rotatable bonds is 3. The lowest BCUT2D eigenvalue weighted by atomic mass is 10.1. The zero-order valence-corrected chi connectivity index (χ0v) is 11.4. The summed E-state index contributed by atoms with van der Waals surface area (Å²) in [4.78, 5) is 11.7. The van der Waals surface area contributed by atoms with Gasteiger partial charge in [0.25, 0.3) is 0 Å². The summed E-state index contributed by atoms with van der Waals surface area (Å²) in [5, 5.41) is 0.601. The van der Waals surface area contributed by atoms with Gasteiger partial charge in [-0.05, 0) is 42.8 Å². The first-order valence-electron chi connectivity index (χ1n) is 6.58. The van der Waals surface area contributed by atoms with Crippen LogP contribution in [-0.4, -0.2) is 10.4 Å². The summed E-state index contributed by atoms with van der Waals surface area (Å²) < 4.78 is 28.2. The molecule has 0 fully saturated rings. The first-order chi connectivity index (χ1) is 10.0. The topological polar surface area (TPSA) is 22.0 Å². The van der Waals surface area contributed by atoms with Gasteiger partial charge in [-0.1, -0.05) is 12.1 Å². The van der Waals surface area contributed by atoms with Gasteiger partial charge in [0.05, 0.1) is 0 Å². The molecule has 0 amide bonds. The summed E-state index contributed by atoms with van der Waals surface area (Å²) in [6.45, 7) is 1.96. The van der Waals surface area contributed by atoms with Crippen molar-refractivity contribution in [2.45, 2.75) is 13.5 Å². The first kappa shape index (κ1) is 13.5. The highest BCUT2D eigenvalue weighted by Gasteiger charge is 2.13. The molecule has 1 aromatic heterocycles. The van der Waals surface area contributed by atoms with Gasteiger partial charge in [0, 0.05) is 29.2 Å². The third-order valence-corrected chi connectivity index (χ3v) is 3.49. The Kier molecular flexibility index (Phi) is 3.29. The number of nitrogens with zero attached hydrogens (tertiary/aromatic N) is 1. The molecule has 4 heteroatoms. The van der Waals surface area contributed by atoms with Crippen molar-refractivity contribution in [1.82, 2.24) is 4.57 Å². The largest absolute Gasteiger partial charge is 0.342 e. The van der Waals surface area contributed by atoms with Crippen LogP contribution < -0.4 is 0 Å². The summed E-state index contributed by atoms with van der Waals surface area (Å²) in [7, 11) is 0. The highest BCUT2D eigenvalue weighted by atomic mass is 19.1. The van der Waals surface area contributed by atoms with Crippen LogP contribution in [0.4, 0.5) is 8.78 Å². The van der Waals surface area contributed by atoms with Crippen LogP contribution in [0.1, 0.15) is 22.8 Å². The van der Waals surface area contributed by atoms with Crippen LogP contribution in [0.2, 0.25) is 0 Å². The van der Waals surface area contributed by atoms with Crippen molar-refractivity contribution < 1.29 is 13.6 Å². The molecule has 0 saturated carbocycles. The van der Waals surface area contributed by atoms with Crippen LogP contribution >= 0.6 is 0 Å².